The van der Waals surface area contributed by atoms with Crippen molar-refractivity contribution < 1.29 is 19.1 Å². The van der Waals surface area contributed by atoms with Gasteiger partial charge in [-0.05, 0) is 67.4 Å². The average Bonchev–Trinajstić information content (AvgIpc) is 3.29. The monoisotopic (exact) mass is 550 g/mol. The molecular formula is C35H38N2O4. The van der Waals surface area contributed by atoms with E-state index >= 15 is 0 Å². The van der Waals surface area contributed by atoms with E-state index in [0.717, 1.165) is 49.7 Å². The van der Waals surface area contributed by atoms with Crippen molar-refractivity contribution in [1.82, 2.24) is 9.80 Å². The van der Waals surface area contributed by atoms with Crippen molar-refractivity contribution in [3.63, 3.8) is 0 Å². The maximum Gasteiger partial charge on any atom is 0.234 e. The number of nitrogens with zero attached hydrogens (tertiary/aromatic N) is 2. The van der Waals surface area contributed by atoms with Crippen molar-refractivity contribution in [2.75, 3.05) is 0 Å². The van der Waals surface area contributed by atoms with E-state index in [1.807, 2.05) is 35.3 Å². The maximum atomic E-state index is 14.0. The second-order valence-corrected chi connectivity index (χ2v) is 13.5. The number of likely N-dealkylation sites (tertiary alicyclic amines) is 2. The Morgan fingerprint density at radius 2 is 1.76 bits per heavy atom. The number of rotatable bonds is 10. The molecule has 6 nitrogen and oxygen atoms in total. The Morgan fingerprint density at radius 1 is 0.976 bits per heavy atom. The van der Waals surface area contributed by atoms with E-state index in [2.05, 4.69) is 37.5 Å². The predicted molar refractivity (Wildman–Crippen MR) is 153 cm³/mol. The van der Waals surface area contributed by atoms with Gasteiger partial charge in [0.25, 0.3) is 0 Å². The molecule has 3 aliphatic heterocycles. The molecule has 4 bridgehead atoms. The standard InChI is InChI=1S/C35H38N2O4/c1-3-5-10-22-15-24-16-25(22)28-26(24)31(38)36(32(28)39)18-20-8-7-9-21(14-20)19-37-33(40)29-27(30-34(37)41-30)23-11-13-35(29,17-23)12-6-4-2/h3-4,7-9,11,13-15,23-30,34H,1-2,5-6,10,12,16-19H2. The Kier molecular flexibility index (Phi) is 5.67. The van der Waals surface area contributed by atoms with Crippen molar-refractivity contribution in [2.45, 2.75) is 63.9 Å². The smallest absolute Gasteiger partial charge is 0.234 e. The fraction of sp³-hybridized carbons (Fsp3) is 0.514. The second kappa shape index (κ2) is 9.12. The molecule has 3 saturated heterocycles. The molecule has 0 radical (unpaired) electrons. The van der Waals surface area contributed by atoms with E-state index in [-0.39, 0.29) is 71.6 Å². The normalized spacial score (nSPS) is 40.6. The van der Waals surface area contributed by atoms with Gasteiger partial charge in [-0.15, -0.1) is 13.2 Å². The first-order valence-electron chi connectivity index (χ1n) is 15.4. The van der Waals surface area contributed by atoms with Crippen molar-refractivity contribution in [1.29, 1.82) is 0 Å². The van der Waals surface area contributed by atoms with E-state index in [4.69, 9.17) is 4.74 Å². The molecule has 1 aromatic carbocycles. The fourth-order valence-corrected chi connectivity index (χ4v) is 9.78. The molecular weight excluding hydrogens is 512 g/mol. The molecule has 8 rings (SSSR count). The number of epoxide rings is 1. The van der Waals surface area contributed by atoms with Crippen LogP contribution in [0.25, 0.3) is 0 Å². The van der Waals surface area contributed by atoms with Crippen LogP contribution in [-0.2, 0) is 32.2 Å². The lowest BCUT2D eigenvalue weighted by Crippen LogP contribution is -2.51. The first-order chi connectivity index (χ1) is 19.9. The number of carbonyl (C=O) groups is 3. The van der Waals surface area contributed by atoms with E-state index in [1.165, 1.54) is 10.5 Å². The minimum atomic E-state index is -0.201. The number of allylic oxidation sites excluding steroid dienone is 6. The highest BCUT2D eigenvalue weighted by atomic mass is 16.6. The number of benzene rings is 1. The molecule has 41 heavy (non-hydrogen) atoms. The van der Waals surface area contributed by atoms with Crippen LogP contribution >= 0.6 is 0 Å². The molecule has 0 spiro atoms. The third kappa shape index (κ3) is 3.62. The molecule has 212 valence electrons. The van der Waals surface area contributed by atoms with Gasteiger partial charge >= 0.3 is 0 Å². The molecule has 0 N–H and O–H groups in total. The summed E-state index contributed by atoms with van der Waals surface area (Å²) in [5, 5.41) is 0. The highest BCUT2D eigenvalue weighted by molar-refractivity contribution is 6.06. The van der Waals surface area contributed by atoms with Gasteiger partial charge in [-0.3, -0.25) is 19.3 Å². The lowest BCUT2D eigenvalue weighted by atomic mass is 9.68. The van der Waals surface area contributed by atoms with Crippen molar-refractivity contribution >= 4 is 17.7 Å². The van der Waals surface area contributed by atoms with Gasteiger partial charge in [0.1, 0.15) is 6.10 Å². The summed E-state index contributed by atoms with van der Waals surface area (Å²) >= 11 is 0. The predicted octanol–water partition coefficient (Wildman–Crippen LogP) is 5.17. The Balaban J connectivity index is 0.981. The van der Waals surface area contributed by atoms with E-state index in [0.29, 0.717) is 18.4 Å². The van der Waals surface area contributed by atoms with Gasteiger partial charge in [-0.1, -0.05) is 60.2 Å². The molecule has 3 heterocycles. The zero-order valence-electron chi connectivity index (χ0n) is 23.5. The highest BCUT2D eigenvalue weighted by Crippen LogP contribution is 2.65. The molecule has 3 amide bonds. The van der Waals surface area contributed by atoms with Crippen LogP contribution in [0.15, 0.2) is 73.4 Å². The largest absolute Gasteiger partial charge is 0.347 e. The van der Waals surface area contributed by atoms with Crippen LogP contribution in [0.4, 0.5) is 0 Å². The summed E-state index contributed by atoms with van der Waals surface area (Å²) in [6.45, 7) is 8.53. The SMILES string of the molecule is C=CCCC1=CC2CC1C1C(=O)N(Cc3cccc(CN4C(=O)C5C(C6C=CC5(CCC=C)C6)C5OC54)c3)C(=O)C21. The minimum absolute atomic E-state index is 0.0114. The summed E-state index contributed by atoms with van der Waals surface area (Å²) in [6.07, 6.45) is 16.5. The molecule has 10 unspecified atom stereocenters. The Hall–Kier alpha value is -3.25. The Labute approximate surface area is 241 Å². The number of fused-ring (bicyclic) bond motifs is 12. The third-order valence-corrected chi connectivity index (χ3v) is 11.5. The van der Waals surface area contributed by atoms with Gasteiger partial charge in [0.05, 0.1) is 24.3 Å². The van der Waals surface area contributed by atoms with Gasteiger partial charge in [0.2, 0.25) is 17.7 Å². The summed E-state index contributed by atoms with van der Waals surface area (Å²) < 4.78 is 6.16. The first-order valence-corrected chi connectivity index (χ1v) is 15.4. The third-order valence-electron chi connectivity index (χ3n) is 11.5. The number of amides is 3. The van der Waals surface area contributed by atoms with E-state index in [1.54, 1.807) is 0 Å². The number of hydrogen-bond acceptors (Lipinski definition) is 4. The van der Waals surface area contributed by atoms with E-state index < -0.39 is 0 Å². The molecule has 0 aromatic heterocycles. The fourth-order valence-electron chi connectivity index (χ4n) is 9.78. The number of ether oxygens (including phenoxy) is 1. The second-order valence-electron chi connectivity index (χ2n) is 13.5. The topological polar surface area (TPSA) is 70.2 Å². The van der Waals surface area contributed by atoms with Gasteiger partial charge < -0.3 is 9.64 Å². The lowest BCUT2D eigenvalue weighted by Gasteiger charge is -2.40. The summed E-state index contributed by atoms with van der Waals surface area (Å²) in [6, 6.07) is 8.05. The van der Waals surface area contributed by atoms with Crippen molar-refractivity contribution in [3.05, 3.63) is 84.5 Å². The van der Waals surface area contributed by atoms with Gasteiger partial charge in [-0.25, -0.2) is 0 Å². The summed E-state index contributed by atoms with van der Waals surface area (Å²) in [5.41, 5.74) is 3.20. The number of hydrogen-bond donors (Lipinski definition) is 0. The molecule has 4 aliphatic carbocycles. The van der Waals surface area contributed by atoms with Crippen LogP contribution in [0.3, 0.4) is 0 Å². The van der Waals surface area contributed by atoms with E-state index in [9.17, 15) is 14.4 Å². The van der Waals surface area contributed by atoms with Crippen LogP contribution in [0.5, 0.6) is 0 Å². The van der Waals surface area contributed by atoms with Gasteiger partial charge in [-0.2, -0.15) is 0 Å². The van der Waals surface area contributed by atoms with Crippen LogP contribution < -0.4 is 0 Å². The van der Waals surface area contributed by atoms with Gasteiger partial charge in [0.15, 0.2) is 6.23 Å². The lowest BCUT2D eigenvalue weighted by molar-refractivity contribution is -0.145. The maximum absolute atomic E-state index is 14.0. The van der Waals surface area contributed by atoms with Crippen LogP contribution in [0.1, 0.15) is 49.7 Å². The molecule has 6 heteroatoms. The Morgan fingerprint density at radius 3 is 2.56 bits per heavy atom. The number of carbonyl (C=O) groups excluding carboxylic acids is 3. The van der Waals surface area contributed by atoms with Crippen LogP contribution in [0, 0.1) is 46.8 Å². The van der Waals surface area contributed by atoms with Crippen LogP contribution in [-0.4, -0.2) is 39.9 Å². The minimum Gasteiger partial charge on any atom is -0.347 e. The quantitative estimate of drug-likeness (QED) is 0.229. The summed E-state index contributed by atoms with van der Waals surface area (Å²) in [7, 11) is 0. The average molecular weight is 551 g/mol. The number of piperidine rings is 1. The molecule has 7 aliphatic rings. The molecule has 5 fully saturated rings. The Bertz CT molecular complexity index is 1430. The summed E-state index contributed by atoms with van der Waals surface area (Å²) in [5.74, 6) is 0.878. The van der Waals surface area contributed by atoms with Crippen molar-refractivity contribution in [3.8, 4) is 0 Å². The highest BCUT2D eigenvalue weighted by Gasteiger charge is 2.69. The first kappa shape index (κ1) is 25.5. The zero-order chi connectivity index (χ0) is 28.0. The molecule has 10 atom stereocenters. The molecule has 2 saturated carbocycles. The molecule has 1 aromatic rings. The number of imide groups is 1. The van der Waals surface area contributed by atoms with Crippen LogP contribution in [0.2, 0.25) is 0 Å². The zero-order valence-corrected chi connectivity index (χ0v) is 23.5. The van der Waals surface area contributed by atoms with Gasteiger partial charge in [0, 0.05) is 17.9 Å². The summed E-state index contributed by atoms with van der Waals surface area (Å²) in [4.78, 5) is 44.5. The van der Waals surface area contributed by atoms with Crippen molar-refractivity contribution in [2.24, 2.45) is 46.8 Å².